The number of ether oxygens (including phenoxy) is 4. The van der Waals surface area contributed by atoms with Crippen molar-refractivity contribution in [3.8, 4) is 28.4 Å². The maximum Gasteiger partial charge on any atom is 0.231 e. The molecule has 0 saturated carbocycles. The van der Waals surface area contributed by atoms with Gasteiger partial charge in [-0.2, -0.15) is 15.3 Å². The minimum Gasteiger partial charge on any atom is -0.490 e. The summed E-state index contributed by atoms with van der Waals surface area (Å²) in [6.07, 6.45) is 4.12. The molecule has 0 fully saturated rings. The summed E-state index contributed by atoms with van der Waals surface area (Å²) in [6, 6.07) is 25.5. The molecule has 0 unspecified atom stereocenters. The molecule has 2 aliphatic rings. The lowest BCUT2D eigenvalue weighted by Gasteiger charge is -2.08. The molecule has 6 rings (SSSR count). The highest BCUT2D eigenvalue weighted by molar-refractivity contribution is 6.32. The zero-order valence-electron chi connectivity index (χ0n) is 29.9. The van der Waals surface area contributed by atoms with Gasteiger partial charge in [0.1, 0.15) is 12.4 Å². The van der Waals surface area contributed by atoms with Gasteiger partial charge in [-0.05, 0) is 96.1 Å². The maximum absolute atomic E-state index is 6.07. The predicted octanol–water partition coefficient (Wildman–Crippen LogP) is 3.64. The Balaban J connectivity index is 0.000000181. The number of nitrogens with zero attached hydrogens (tertiary/aromatic N) is 6. The zero-order valence-corrected chi connectivity index (χ0v) is 30.6. The van der Waals surface area contributed by atoms with Crippen LogP contribution in [-0.4, -0.2) is 62.6 Å². The highest BCUT2D eigenvalue weighted by Crippen LogP contribution is 2.36. The van der Waals surface area contributed by atoms with Gasteiger partial charge >= 0.3 is 0 Å². The fourth-order valence-corrected chi connectivity index (χ4v) is 5.19. The summed E-state index contributed by atoms with van der Waals surface area (Å²) in [5, 5.41) is 22.6. The fraction of sp³-hybridized carbons (Fsp3) is 0.189. The summed E-state index contributed by atoms with van der Waals surface area (Å²) < 4.78 is 21.1. The second kappa shape index (κ2) is 20.4. The van der Waals surface area contributed by atoms with Crippen molar-refractivity contribution in [3.63, 3.8) is 0 Å². The largest absolute Gasteiger partial charge is 0.490 e. The van der Waals surface area contributed by atoms with Gasteiger partial charge in [0.2, 0.25) is 24.7 Å². The zero-order chi connectivity index (χ0) is 38.9. The van der Waals surface area contributed by atoms with Gasteiger partial charge in [0.15, 0.2) is 11.5 Å². The molecule has 16 nitrogen and oxygen atoms in total. The quantitative estimate of drug-likeness (QED) is 0.0493. The molecule has 0 bridgehead atoms. The molecule has 4 aromatic rings. The number of benzene rings is 4. The number of hydrogen-bond donors (Lipinski definition) is 6. The van der Waals surface area contributed by atoms with E-state index >= 15 is 0 Å². The first-order chi connectivity index (χ1) is 26.0. The average Bonchev–Trinajstić information content (AvgIpc) is 3.77. The number of rotatable bonds is 11. The van der Waals surface area contributed by atoms with Crippen LogP contribution in [0.1, 0.15) is 41.7 Å². The standard InChI is InChI=1S/C15H14N4.C12H17ClN4O2.C10H12N4O2/c16-15(17)19-18-9-10-5-6-14-12(7-10)8-11-3-1-2-4-13(11)14;1-2-18-5-6-19-11-4-3-9(7-10(11)13)8-16-17-12(14)15;1-6(13-14-10(11)12)7-2-3-8-9(4-7)16-5-15-8/h1-7,9H,8H2,(H4,16,17,19);3-4,7-8H,2,5-6H2,1H3,(H4,14,15,17);2-4H,5H2,1H3,(H4,11,12,14)/b18-9+;16-8+;13-6+. The lowest BCUT2D eigenvalue weighted by Crippen LogP contribution is -2.22. The van der Waals surface area contributed by atoms with E-state index in [1.165, 1.54) is 28.5 Å². The monoisotopic (exact) mass is 754 g/mol. The second-order valence-corrected chi connectivity index (χ2v) is 11.7. The Labute approximate surface area is 317 Å². The molecule has 0 radical (unpaired) electrons. The third kappa shape index (κ3) is 12.5. The van der Waals surface area contributed by atoms with Crippen molar-refractivity contribution in [2.24, 2.45) is 65.0 Å². The van der Waals surface area contributed by atoms with Crippen LogP contribution in [-0.2, 0) is 11.2 Å². The van der Waals surface area contributed by atoms with Crippen LogP contribution in [0, 0.1) is 0 Å². The molecular weight excluding hydrogens is 712 g/mol. The Kier molecular flexibility index (Phi) is 15.2. The van der Waals surface area contributed by atoms with E-state index in [0.29, 0.717) is 42.1 Å². The van der Waals surface area contributed by atoms with Crippen LogP contribution in [0.25, 0.3) is 11.1 Å². The van der Waals surface area contributed by atoms with Gasteiger partial charge in [-0.3, -0.25) is 0 Å². The van der Waals surface area contributed by atoms with Gasteiger partial charge in [-0.15, -0.1) is 15.3 Å². The summed E-state index contributed by atoms with van der Waals surface area (Å²) in [5.41, 5.74) is 39.8. The van der Waals surface area contributed by atoms with Crippen LogP contribution in [0.5, 0.6) is 17.2 Å². The Hall–Kier alpha value is -6.65. The van der Waals surface area contributed by atoms with Crippen LogP contribution in [0.3, 0.4) is 0 Å². The first kappa shape index (κ1) is 40.1. The summed E-state index contributed by atoms with van der Waals surface area (Å²) in [6.45, 7) is 5.64. The maximum atomic E-state index is 6.07. The number of guanidine groups is 3. The van der Waals surface area contributed by atoms with E-state index < -0.39 is 0 Å². The molecule has 0 aromatic heterocycles. The van der Waals surface area contributed by atoms with Crippen LogP contribution < -0.4 is 48.6 Å². The summed E-state index contributed by atoms with van der Waals surface area (Å²) in [7, 11) is 0. The van der Waals surface area contributed by atoms with Crippen molar-refractivity contribution in [2.45, 2.75) is 20.3 Å². The van der Waals surface area contributed by atoms with Gasteiger partial charge in [-0.25, -0.2) is 0 Å². The molecule has 282 valence electrons. The van der Waals surface area contributed by atoms with Crippen LogP contribution in [0.2, 0.25) is 5.02 Å². The number of nitrogens with two attached hydrogens (primary N) is 6. The third-order valence-corrected chi connectivity index (χ3v) is 7.62. The molecule has 1 heterocycles. The first-order valence-electron chi connectivity index (χ1n) is 16.5. The molecule has 0 atom stereocenters. The van der Waals surface area contributed by atoms with E-state index in [2.05, 4.69) is 67.0 Å². The van der Waals surface area contributed by atoms with E-state index in [1.54, 1.807) is 24.4 Å². The normalized spacial score (nSPS) is 12.1. The Morgan fingerprint density at radius 1 is 0.704 bits per heavy atom. The molecule has 54 heavy (non-hydrogen) atoms. The van der Waals surface area contributed by atoms with Crippen molar-refractivity contribution in [1.29, 1.82) is 0 Å². The van der Waals surface area contributed by atoms with E-state index in [9.17, 15) is 0 Å². The SMILES string of the molecule is C/C(=N\N=C(N)N)c1ccc2c(c1)OCO2.CCOCCOc1ccc(/C=N/N=C(N)N)cc1Cl.NC(N)=N/N=C/c1ccc2c(c1)Cc1ccccc1-2. The Morgan fingerprint density at radius 2 is 1.35 bits per heavy atom. The number of fused-ring (bicyclic) bond motifs is 4. The van der Waals surface area contributed by atoms with Crippen LogP contribution in [0.4, 0.5) is 0 Å². The summed E-state index contributed by atoms with van der Waals surface area (Å²) >= 11 is 6.07. The molecule has 0 amide bonds. The average molecular weight is 755 g/mol. The van der Waals surface area contributed by atoms with Gasteiger partial charge in [0, 0.05) is 12.2 Å². The molecule has 1 aliphatic heterocycles. The predicted molar refractivity (Wildman–Crippen MR) is 216 cm³/mol. The fourth-order valence-electron chi connectivity index (χ4n) is 4.95. The minimum atomic E-state index is -0.0989. The highest BCUT2D eigenvalue weighted by Gasteiger charge is 2.17. The van der Waals surface area contributed by atoms with Gasteiger partial charge < -0.3 is 53.3 Å². The van der Waals surface area contributed by atoms with Crippen molar-refractivity contribution in [3.05, 3.63) is 112 Å². The molecule has 1 aliphatic carbocycles. The minimum absolute atomic E-state index is 0.0372. The lowest BCUT2D eigenvalue weighted by molar-refractivity contribution is 0.110. The van der Waals surface area contributed by atoms with Crippen LogP contribution in [0.15, 0.2) is 109 Å². The topological polar surface area (TPSA) is 267 Å². The lowest BCUT2D eigenvalue weighted by atomic mass is 10.0. The number of halogens is 1. The van der Waals surface area contributed by atoms with Crippen LogP contribution >= 0.6 is 11.6 Å². The Morgan fingerprint density at radius 3 is 2.04 bits per heavy atom. The highest BCUT2D eigenvalue weighted by atomic mass is 35.5. The summed E-state index contributed by atoms with van der Waals surface area (Å²) in [4.78, 5) is 0. The third-order valence-electron chi connectivity index (χ3n) is 7.33. The molecule has 4 aromatic carbocycles. The van der Waals surface area contributed by atoms with Crippen molar-refractivity contribution in [2.75, 3.05) is 26.6 Å². The Bertz CT molecular complexity index is 2070. The van der Waals surface area contributed by atoms with Gasteiger partial charge in [0.25, 0.3) is 0 Å². The van der Waals surface area contributed by atoms with E-state index in [4.69, 9.17) is 65.0 Å². The van der Waals surface area contributed by atoms with Crippen molar-refractivity contribution in [1.82, 2.24) is 0 Å². The first-order valence-corrected chi connectivity index (χ1v) is 16.9. The summed E-state index contributed by atoms with van der Waals surface area (Å²) in [5.74, 6) is 1.83. The molecular formula is C37H43ClN12O4. The second-order valence-electron chi connectivity index (χ2n) is 11.3. The van der Waals surface area contributed by atoms with Gasteiger partial charge in [0.05, 0.1) is 29.8 Å². The van der Waals surface area contributed by atoms with E-state index in [1.807, 2.05) is 38.1 Å². The van der Waals surface area contributed by atoms with E-state index in [-0.39, 0.29) is 24.7 Å². The molecule has 0 spiro atoms. The molecule has 12 N–H and O–H groups in total. The van der Waals surface area contributed by atoms with Crippen molar-refractivity contribution >= 4 is 47.6 Å². The van der Waals surface area contributed by atoms with Crippen molar-refractivity contribution < 1.29 is 18.9 Å². The number of hydrogen-bond acceptors (Lipinski definition) is 10. The van der Waals surface area contributed by atoms with E-state index in [0.717, 1.165) is 28.9 Å². The molecule has 0 saturated heterocycles. The smallest absolute Gasteiger partial charge is 0.231 e. The molecule has 17 heteroatoms. The van der Waals surface area contributed by atoms with Gasteiger partial charge in [-0.1, -0.05) is 48.0 Å².